The second kappa shape index (κ2) is 6.98. The minimum Gasteiger partial charge on any atom is -0.504 e. The molecule has 0 unspecified atom stereocenters. The Balaban J connectivity index is 1.53. The molecule has 0 saturated carbocycles. The van der Waals surface area contributed by atoms with Gasteiger partial charge in [-0.2, -0.15) is 0 Å². The third kappa shape index (κ3) is 3.72. The van der Waals surface area contributed by atoms with Gasteiger partial charge in [-0.05, 0) is 48.7 Å². The summed E-state index contributed by atoms with van der Waals surface area (Å²) < 4.78 is 10.7. The average Bonchev–Trinajstić information content (AvgIpc) is 3.03. The highest BCUT2D eigenvalue weighted by Gasteiger charge is 2.15. The zero-order chi connectivity index (χ0) is 17.1. The third-order valence-electron chi connectivity index (χ3n) is 4.02. The van der Waals surface area contributed by atoms with Crippen LogP contribution in [-0.2, 0) is 6.42 Å². The number of ether oxygens (including phenoxy) is 2. The first-order valence-corrected chi connectivity index (χ1v) is 7.85. The van der Waals surface area contributed by atoms with E-state index in [1.54, 1.807) is 6.07 Å². The summed E-state index contributed by atoms with van der Waals surface area (Å²) in [6, 6.07) is 10.3. The standard InChI is InChI=1S/C18H21NO5/c1-11(6-12-2-5-17-18(7-12)24-10-23-17)19-9-16(22)13-3-4-14(20)15(21)8-13/h2-5,7-8,11,16,19-22H,6,9-10H2,1H3/t11-,16+/m0/s1. The Hall–Kier alpha value is -2.44. The number of aromatic hydroxyl groups is 2. The van der Waals surface area contributed by atoms with Crippen molar-refractivity contribution in [2.75, 3.05) is 13.3 Å². The van der Waals surface area contributed by atoms with Crippen molar-refractivity contribution in [2.24, 2.45) is 0 Å². The number of benzene rings is 2. The summed E-state index contributed by atoms with van der Waals surface area (Å²) in [5.74, 6) is 1.09. The first kappa shape index (κ1) is 16.4. The fourth-order valence-corrected chi connectivity index (χ4v) is 2.67. The molecule has 4 N–H and O–H groups in total. The minimum atomic E-state index is -0.768. The largest absolute Gasteiger partial charge is 0.504 e. The van der Waals surface area contributed by atoms with Crippen LogP contribution in [-0.4, -0.2) is 34.7 Å². The molecule has 0 amide bonds. The number of aliphatic hydroxyl groups excluding tert-OH is 1. The summed E-state index contributed by atoms with van der Waals surface area (Å²) in [6.45, 7) is 2.64. The van der Waals surface area contributed by atoms with Crippen LogP contribution in [0.25, 0.3) is 0 Å². The number of phenolic OH excluding ortho intramolecular Hbond substituents is 2. The molecule has 0 saturated heterocycles. The highest BCUT2D eigenvalue weighted by atomic mass is 16.7. The maximum atomic E-state index is 10.2. The number of fused-ring (bicyclic) bond motifs is 1. The molecular formula is C18H21NO5. The van der Waals surface area contributed by atoms with Gasteiger partial charge in [0, 0.05) is 12.6 Å². The van der Waals surface area contributed by atoms with Crippen molar-refractivity contribution in [1.82, 2.24) is 5.32 Å². The minimum absolute atomic E-state index is 0.144. The van der Waals surface area contributed by atoms with Gasteiger partial charge >= 0.3 is 0 Å². The van der Waals surface area contributed by atoms with Gasteiger partial charge in [-0.15, -0.1) is 0 Å². The van der Waals surface area contributed by atoms with Gasteiger partial charge in [0.15, 0.2) is 23.0 Å². The number of aliphatic hydroxyl groups is 1. The molecule has 1 heterocycles. The lowest BCUT2D eigenvalue weighted by Gasteiger charge is -2.18. The molecule has 0 aromatic heterocycles. The summed E-state index contributed by atoms with van der Waals surface area (Å²) in [4.78, 5) is 0. The second-order valence-electron chi connectivity index (χ2n) is 5.96. The van der Waals surface area contributed by atoms with Gasteiger partial charge in [0.05, 0.1) is 6.10 Å². The van der Waals surface area contributed by atoms with E-state index in [0.29, 0.717) is 12.1 Å². The normalized spacial score (nSPS) is 15.2. The van der Waals surface area contributed by atoms with E-state index in [-0.39, 0.29) is 24.3 Å². The number of nitrogens with one attached hydrogen (secondary N) is 1. The zero-order valence-electron chi connectivity index (χ0n) is 13.4. The second-order valence-corrected chi connectivity index (χ2v) is 5.96. The van der Waals surface area contributed by atoms with Gasteiger partial charge in [-0.3, -0.25) is 0 Å². The van der Waals surface area contributed by atoms with Crippen LogP contribution in [0.15, 0.2) is 36.4 Å². The zero-order valence-corrected chi connectivity index (χ0v) is 13.4. The lowest BCUT2D eigenvalue weighted by molar-refractivity contribution is 0.170. The molecule has 0 aliphatic carbocycles. The molecule has 6 nitrogen and oxygen atoms in total. The molecule has 0 spiro atoms. The number of hydrogen-bond acceptors (Lipinski definition) is 6. The van der Waals surface area contributed by atoms with Crippen LogP contribution in [0.5, 0.6) is 23.0 Å². The van der Waals surface area contributed by atoms with E-state index < -0.39 is 6.10 Å². The van der Waals surface area contributed by atoms with E-state index in [1.807, 2.05) is 25.1 Å². The van der Waals surface area contributed by atoms with Gasteiger partial charge in [0.1, 0.15) is 0 Å². The first-order chi connectivity index (χ1) is 11.5. The van der Waals surface area contributed by atoms with E-state index >= 15 is 0 Å². The fraction of sp³-hybridized carbons (Fsp3) is 0.333. The van der Waals surface area contributed by atoms with Crippen LogP contribution in [0.3, 0.4) is 0 Å². The molecule has 1 aliphatic rings. The molecule has 0 radical (unpaired) electrons. The Morgan fingerprint density at radius 3 is 2.62 bits per heavy atom. The van der Waals surface area contributed by atoms with Crippen LogP contribution in [0.2, 0.25) is 0 Å². The van der Waals surface area contributed by atoms with Crippen molar-refractivity contribution >= 4 is 0 Å². The molecule has 3 rings (SSSR count). The Labute approximate surface area is 140 Å². The van der Waals surface area contributed by atoms with Crippen LogP contribution in [0.1, 0.15) is 24.2 Å². The Bertz CT molecular complexity index is 719. The molecule has 0 fully saturated rings. The monoisotopic (exact) mass is 331 g/mol. The van der Waals surface area contributed by atoms with Gasteiger partial charge in [0.2, 0.25) is 6.79 Å². The highest BCUT2D eigenvalue weighted by Crippen LogP contribution is 2.32. The number of phenols is 2. The van der Waals surface area contributed by atoms with Gasteiger partial charge in [0.25, 0.3) is 0 Å². The van der Waals surface area contributed by atoms with Crippen molar-refractivity contribution < 1.29 is 24.8 Å². The van der Waals surface area contributed by atoms with Crippen LogP contribution in [0, 0.1) is 0 Å². The van der Waals surface area contributed by atoms with E-state index in [0.717, 1.165) is 23.5 Å². The summed E-state index contributed by atoms with van der Waals surface area (Å²) in [5.41, 5.74) is 1.67. The molecule has 2 aromatic rings. The fourth-order valence-electron chi connectivity index (χ4n) is 2.67. The number of rotatable bonds is 6. The summed E-state index contributed by atoms with van der Waals surface area (Å²) in [5, 5.41) is 32.3. The van der Waals surface area contributed by atoms with E-state index in [1.165, 1.54) is 12.1 Å². The molecule has 128 valence electrons. The molecule has 0 bridgehead atoms. The quantitative estimate of drug-likeness (QED) is 0.606. The molecule has 2 atom stereocenters. The van der Waals surface area contributed by atoms with E-state index in [9.17, 15) is 15.3 Å². The lowest BCUT2D eigenvalue weighted by Crippen LogP contribution is -2.32. The maximum Gasteiger partial charge on any atom is 0.231 e. The van der Waals surface area contributed by atoms with Crippen LogP contribution >= 0.6 is 0 Å². The molecular weight excluding hydrogens is 310 g/mol. The summed E-state index contributed by atoms with van der Waals surface area (Å²) in [6.07, 6.45) is 0.0141. The Morgan fingerprint density at radius 1 is 1.04 bits per heavy atom. The van der Waals surface area contributed by atoms with Crippen LogP contribution in [0.4, 0.5) is 0 Å². The molecule has 1 aliphatic heterocycles. The Kier molecular flexibility index (Phi) is 4.78. The van der Waals surface area contributed by atoms with Gasteiger partial charge < -0.3 is 30.1 Å². The average molecular weight is 331 g/mol. The smallest absolute Gasteiger partial charge is 0.231 e. The van der Waals surface area contributed by atoms with Crippen molar-refractivity contribution in [3.63, 3.8) is 0 Å². The van der Waals surface area contributed by atoms with Crippen LogP contribution < -0.4 is 14.8 Å². The van der Waals surface area contributed by atoms with Crippen molar-refractivity contribution in [2.45, 2.75) is 25.5 Å². The summed E-state index contributed by atoms with van der Waals surface area (Å²) >= 11 is 0. The predicted octanol–water partition coefficient (Wildman–Crippen LogP) is 2.08. The SMILES string of the molecule is C[C@@H](Cc1ccc2c(c1)OCO2)NC[C@@H](O)c1ccc(O)c(O)c1. The Morgan fingerprint density at radius 2 is 1.83 bits per heavy atom. The topological polar surface area (TPSA) is 91.2 Å². The van der Waals surface area contributed by atoms with E-state index in [2.05, 4.69) is 5.32 Å². The molecule has 6 heteroatoms. The van der Waals surface area contributed by atoms with Gasteiger partial charge in [-0.25, -0.2) is 0 Å². The number of hydrogen-bond donors (Lipinski definition) is 4. The molecule has 24 heavy (non-hydrogen) atoms. The van der Waals surface area contributed by atoms with E-state index in [4.69, 9.17) is 9.47 Å². The van der Waals surface area contributed by atoms with Crippen molar-refractivity contribution in [3.8, 4) is 23.0 Å². The predicted molar refractivity (Wildman–Crippen MR) is 88.5 cm³/mol. The highest BCUT2D eigenvalue weighted by molar-refractivity contribution is 5.44. The summed E-state index contributed by atoms with van der Waals surface area (Å²) in [7, 11) is 0. The maximum absolute atomic E-state index is 10.2. The third-order valence-corrected chi connectivity index (χ3v) is 4.02. The molecule has 2 aromatic carbocycles. The van der Waals surface area contributed by atoms with Crippen molar-refractivity contribution in [1.29, 1.82) is 0 Å². The van der Waals surface area contributed by atoms with Gasteiger partial charge in [-0.1, -0.05) is 12.1 Å². The first-order valence-electron chi connectivity index (χ1n) is 7.85. The lowest BCUT2D eigenvalue weighted by atomic mass is 10.1. The van der Waals surface area contributed by atoms with Crippen molar-refractivity contribution in [3.05, 3.63) is 47.5 Å².